The predicted octanol–water partition coefficient (Wildman–Crippen LogP) is 3.13. The highest BCUT2D eigenvalue weighted by atomic mass is 16.3. The SMILES string of the molecule is CCc1ccc(C([O])CC)cc1. The maximum atomic E-state index is 11.3. The molecule has 1 nitrogen and oxygen atoms in total. The van der Waals surface area contributed by atoms with Crippen LogP contribution in [0.4, 0.5) is 0 Å². The van der Waals surface area contributed by atoms with E-state index in [0.717, 1.165) is 12.0 Å². The molecule has 1 radical (unpaired) electrons. The van der Waals surface area contributed by atoms with Gasteiger partial charge in [0, 0.05) is 0 Å². The second kappa shape index (κ2) is 4.27. The van der Waals surface area contributed by atoms with Crippen LogP contribution in [0.1, 0.15) is 37.5 Å². The normalized spacial score (nSPS) is 12.9. The molecule has 0 bridgehead atoms. The van der Waals surface area contributed by atoms with E-state index >= 15 is 0 Å². The van der Waals surface area contributed by atoms with Crippen molar-refractivity contribution in [2.45, 2.75) is 32.8 Å². The monoisotopic (exact) mass is 163 g/mol. The molecule has 0 fully saturated rings. The summed E-state index contributed by atoms with van der Waals surface area (Å²) in [5, 5.41) is 11.3. The van der Waals surface area contributed by atoms with E-state index in [-0.39, 0.29) is 0 Å². The van der Waals surface area contributed by atoms with Gasteiger partial charge in [0.1, 0.15) is 6.10 Å². The molecular formula is C11H15O. The Morgan fingerprint density at radius 1 is 1.17 bits per heavy atom. The van der Waals surface area contributed by atoms with Gasteiger partial charge in [-0.1, -0.05) is 38.1 Å². The average Bonchev–Trinajstić information content (AvgIpc) is 2.17. The Labute approximate surface area is 74.1 Å². The Bertz CT molecular complexity index is 225. The molecule has 0 saturated carbocycles. The first-order valence-corrected chi connectivity index (χ1v) is 4.52. The molecule has 12 heavy (non-hydrogen) atoms. The first-order valence-electron chi connectivity index (χ1n) is 4.52. The van der Waals surface area contributed by atoms with E-state index in [1.165, 1.54) is 5.56 Å². The summed E-state index contributed by atoms with van der Waals surface area (Å²) in [6.45, 7) is 4.04. The maximum absolute atomic E-state index is 11.3. The molecule has 0 heterocycles. The minimum absolute atomic E-state index is 0.545. The highest BCUT2D eigenvalue weighted by Crippen LogP contribution is 2.17. The molecular weight excluding hydrogens is 148 g/mol. The minimum Gasteiger partial charge on any atom is -0.228 e. The zero-order valence-electron chi connectivity index (χ0n) is 7.71. The Morgan fingerprint density at radius 2 is 1.75 bits per heavy atom. The largest absolute Gasteiger partial charge is 0.228 e. The molecule has 1 atom stereocenters. The minimum atomic E-state index is -0.545. The van der Waals surface area contributed by atoms with Crippen LogP contribution >= 0.6 is 0 Å². The van der Waals surface area contributed by atoms with Crippen molar-refractivity contribution in [1.82, 2.24) is 0 Å². The molecule has 0 aliphatic carbocycles. The molecule has 0 N–H and O–H groups in total. The van der Waals surface area contributed by atoms with Crippen LogP contribution in [0, 0.1) is 0 Å². The van der Waals surface area contributed by atoms with E-state index in [4.69, 9.17) is 0 Å². The van der Waals surface area contributed by atoms with Crippen LogP contribution in [0.15, 0.2) is 24.3 Å². The van der Waals surface area contributed by atoms with Gasteiger partial charge < -0.3 is 0 Å². The smallest absolute Gasteiger partial charge is 0.118 e. The third-order valence-electron chi connectivity index (χ3n) is 2.13. The van der Waals surface area contributed by atoms with E-state index in [1.54, 1.807) is 0 Å². The van der Waals surface area contributed by atoms with Gasteiger partial charge in [-0.25, -0.2) is 5.11 Å². The molecule has 0 spiro atoms. The van der Waals surface area contributed by atoms with Crippen LogP contribution in [0.5, 0.6) is 0 Å². The van der Waals surface area contributed by atoms with Gasteiger partial charge in [-0.2, -0.15) is 0 Å². The third kappa shape index (κ3) is 2.08. The summed E-state index contributed by atoms with van der Waals surface area (Å²) in [6.07, 6.45) is 1.16. The first-order chi connectivity index (χ1) is 5.77. The zero-order valence-corrected chi connectivity index (χ0v) is 7.71. The van der Waals surface area contributed by atoms with Crippen LogP contribution in [0.3, 0.4) is 0 Å². The molecule has 1 aromatic carbocycles. The van der Waals surface area contributed by atoms with Crippen molar-refractivity contribution in [3.8, 4) is 0 Å². The molecule has 1 heteroatoms. The van der Waals surface area contributed by atoms with Crippen LogP contribution in [0.25, 0.3) is 0 Å². The van der Waals surface area contributed by atoms with Gasteiger partial charge in [0.05, 0.1) is 0 Å². The summed E-state index contributed by atoms with van der Waals surface area (Å²) < 4.78 is 0. The van der Waals surface area contributed by atoms with Gasteiger partial charge in [-0.15, -0.1) is 0 Å². The topological polar surface area (TPSA) is 19.9 Å². The van der Waals surface area contributed by atoms with E-state index < -0.39 is 6.10 Å². The fraction of sp³-hybridized carbons (Fsp3) is 0.455. The Balaban J connectivity index is 2.77. The van der Waals surface area contributed by atoms with Crippen LogP contribution in [0.2, 0.25) is 0 Å². The molecule has 0 amide bonds. The van der Waals surface area contributed by atoms with Crippen LogP contribution < -0.4 is 0 Å². The summed E-state index contributed by atoms with van der Waals surface area (Å²) in [6, 6.07) is 7.96. The lowest BCUT2D eigenvalue weighted by atomic mass is 10.0. The van der Waals surface area contributed by atoms with Gasteiger partial charge in [-0.05, 0) is 24.0 Å². The average molecular weight is 163 g/mol. The van der Waals surface area contributed by atoms with E-state index in [1.807, 2.05) is 31.2 Å². The van der Waals surface area contributed by atoms with Gasteiger partial charge >= 0.3 is 0 Å². The molecule has 1 aromatic rings. The predicted molar refractivity (Wildman–Crippen MR) is 49.5 cm³/mol. The number of hydrogen-bond donors (Lipinski definition) is 0. The number of rotatable bonds is 3. The second-order valence-electron chi connectivity index (χ2n) is 2.99. The molecule has 65 valence electrons. The molecule has 0 saturated heterocycles. The lowest BCUT2D eigenvalue weighted by Crippen LogP contribution is -1.93. The Kier molecular flexibility index (Phi) is 3.30. The number of benzene rings is 1. The lowest BCUT2D eigenvalue weighted by Gasteiger charge is -2.05. The summed E-state index contributed by atoms with van der Waals surface area (Å²) in [7, 11) is 0. The van der Waals surface area contributed by atoms with Gasteiger partial charge in [0.2, 0.25) is 0 Å². The molecule has 0 aliphatic heterocycles. The fourth-order valence-electron chi connectivity index (χ4n) is 1.20. The van der Waals surface area contributed by atoms with Crippen LogP contribution in [-0.4, -0.2) is 0 Å². The van der Waals surface area contributed by atoms with E-state index in [2.05, 4.69) is 6.92 Å². The van der Waals surface area contributed by atoms with Crippen molar-refractivity contribution in [2.24, 2.45) is 0 Å². The molecule has 0 aromatic heterocycles. The van der Waals surface area contributed by atoms with Crippen molar-refractivity contribution >= 4 is 0 Å². The van der Waals surface area contributed by atoms with Crippen molar-refractivity contribution in [1.29, 1.82) is 0 Å². The summed E-state index contributed by atoms with van der Waals surface area (Å²) >= 11 is 0. The third-order valence-corrected chi connectivity index (χ3v) is 2.13. The van der Waals surface area contributed by atoms with Gasteiger partial charge in [0.25, 0.3) is 0 Å². The number of hydrogen-bond acceptors (Lipinski definition) is 0. The molecule has 1 rings (SSSR count). The highest BCUT2D eigenvalue weighted by molar-refractivity contribution is 5.23. The number of aryl methyl sites for hydroxylation is 1. The van der Waals surface area contributed by atoms with Crippen molar-refractivity contribution in [2.75, 3.05) is 0 Å². The van der Waals surface area contributed by atoms with Crippen molar-refractivity contribution in [3.63, 3.8) is 0 Å². The highest BCUT2D eigenvalue weighted by Gasteiger charge is 2.04. The molecule has 0 aliphatic rings. The standard InChI is InChI=1S/C11H15O/c1-3-9-5-7-10(8-6-9)11(12)4-2/h5-8,11H,3-4H2,1-2H3. The lowest BCUT2D eigenvalue weighted by molar-refractivity contribution is 0.0857. The zero-order chi connectivity index (χ0) is 8.97. The molecule has 1 unspecified atom stereocenters. The quantitative estimate of drug-likeness (QED) is 0.652. The first kappa shape index (κ1) is 9.27. The summed E-state index contributed by atoms with van der Waals surface area (Å²) in [4.78, 5) is 0. The summed E-state index contributed by atoms with van der Waals surface area (Å²) in [5.41, 5.74) is 2.21. The maximum Gasteiger partial charge on any atom is 0.118 e. The van der Waals surface area contributed by atoms with E-state index in [0.29, 0.717) is 6.42 Å². The fourth-order valence-corrected chi connectivity index (χ4v) is 1.20. The van der Waals surface area contributed by atoms with Crippen molar-refractivity contribution in [3.05, 3.63) is 35.4 Å². The van der Waals surface area contributed by atoms with E-state index in [9.17, 15) is 5.11 Å². The van der Waals surface area contributed by atoms with Crippen molar-refractivity contribution < 1.29 is 5.11 Å². The van der Waals surface area contributed by atoms with Crippen LogP contribution in [-0.2, 0) is 11.5 Å². The summed E-state index contributed by atoms with van der Waals surface area (Å²) in [5.74, 6) is 0. The Morgan fingerprint density at radius 3 is 2.17 bits per heavy atom. The Hall–Kier alpha value is -0.820. The second-order valence-corrected chi connectivity index (χ2v) is 2.99. The van der Waals surface area contributed by atoms with Gasteiger partial charge in [0.15, 0.2) is 0 Å². The van der Waals surface area contributed by atoms with Gasteiger partial charge in [-0.3, -0.25) is 0 Å².